The van der Waals surface area contributed by atoms with Gasteiger partial charge in [-0.1, -0.05) is 51.9 Å². The van der Waals surface area contributed by atoms with Crippen molar-refractivity contribution in [2.24, 2.45) is 0 Å². The van der Waals surface area contributed by atoms with Crippen molar-refractivity contribution >= 4 is 11.8 Å². The van der Waals surface area contributed by atoms with Gasteiger partial charge in [-0.3, -0.25) is 0 Å². The predicted octanol–water partition coefficient (Wildman–Crippen LogP) is 3.87. The van der Waals surface area contributed by atoms with Gasteiger partial charge in [0, 0.05) is 5.75 Å². The van der Waals surface area contributed by atoms with E-state index in [0.29, 0.717) is 6.61 Å². The van der Waals surface area contributed by atoms with E-state index in [9.17, 15) is 0 Å². The van der Waals surface area contributed by atoms with Crippen LogP contribution in [0.25, 0.3) is 0 Å². The molecule has 0 aliphatic rings. The Bertz CT molecular complexity index is 117. The van der Waals surface area contributed by atoms with E-state index in [4.69, 9.17) is 9.84 Å². The lowest BCUT2D eigenvalue weighted by Gasteiger charge is -2.03. The van der Waals surface area contributed by atoms with E-state index < -0.39 is 0 Å². The molecule has 0 aliphatic heterocycles. The maximum absolute atomic E-state index is 8.51. The largest absolute Gasteiger partial charge is 0.394 e. The Labute approximate surface area is 112 Å². The van der Waals surface area contributed by atoms with Crippen LogP contribution in [0.15, 0.2) is 0 Å². The lowest BCUT2D eigenvalue weighted by molar-refractivity contribution is 0.103. The van der Waals surface area contributed by atoms with Crippen LogP contribution in [0.4, 0.5) is 0 Å². The first-order valence-electron chi connectivity index (χ1n) is 7.18. The smallest absolute Gasteiger partial charge is 0.0698 e. The Balaban J connectivity index is 2.85. The Morgan fingerprint density at radius 2 is 1.47 bits per heavy atom. The molecule has 1 N–H and O–H groups in total. The lowest BCUT2D eigenvalue weighted by Crippen LogP contribution is -2.02. The molecule has 0 fully saturated rings. The van der Waals surface area contributed by atoms with Crippen LogP contribution in [0.5, 0.6) is 0 Å². The third-order valence-electron chi connectivity index (χ3n) is 2.75. The zero-order valence-corrected chi connectivity index (χ0v) is 12.3. The van der Waals surface area contributed by atoms with Gasteiger partial charge in [-0.15, -0.1) is 0 Å². The highest BCUT2D eigenvalue weighted by Gasteiger charge is 1.93. The van der Waals surface area contributed by atoms with Gasteiger partial charge in [0.15, 0.2) is 0 Å². The van der Waals surface area contributed by atoms with Gasteiger partial charge in [0.25, 0.3) is 0 Å². The van der Waals surface area contributed by atoms with E-state index in [1.807, 2.05) is 11.8 Å². The van der Waals surface area contributed by atoms with E-state index in [1.165, 1.54) is 57.1 Å². The molecule has 0 aliphatic carbocycles. The summed E-state index contributed by atoms with van der Waals surface area (Å²) < 4.78 is 5.19. The highest BCUT2D eigenvalue weighted by Crippen LogP contribution is 2.11. The molecule has 0 rings (SSSR count). The van der Waals surface area contributed by atoms with Crippen molar-refractivity contribution in [3.8, 4) is 0 Å². The molecule has 0 heterocycles. The Morgan fingerprint density at radius 1 is 0.824 bits per heavy atom. The van der Waals surface area contributed by atoms with Crippen molar-refractivity contribution in [2.45, 2.75) is 58.3 Å². The normalized spacial score (nSPS) is 10.9. The fraction of sp³-hybridized carbons (Fsp3) is 1.00. The minimum Gasteiger partial charge on any atom is -0.394 e. The summed E-state index contributed by atoms with van der Waals surface area (Å²) in [6.45, 7) is 3.67. The number of ether oxygens (including phenoxy) is 1. The quantitative estimate of drug-likeness (QED) is 0.482. The van der Waals surface area contributed by atoms with Gasteiger partial charge in [0.05, 0.1) is 19.8 Å². The molecule has 0 bridgehead atoms. The minimum absolute atomic E-state index is 0.142. The summed E-state index contributed by atoms with van der Waals surface area (Å²) in [5.41, 5.74) is 0. The van der Waals surface area contributed by atoms with Crippen LogP contribution >= 0.6 is 11.8 Å². The molecule has 0 saturated heterocycles. The summed E-state index contributed by atoms with van der Waals surface area (Å²) in [7, 11) is 0. The Hall–Kier alpha value is 0.270. The second-order valence-electron chi connectivity index (χ2n) is 4.42. The van der Waals surface area contributed by atoms with Gasteiger partial charge < -0.3 is 9.84 Å². The van der Waals surface area contributed by atoms with Crippen molar-refractivity contribution in [2.75, 3.05) is 31.3 Å². The van der Waals surface area contributed by atoms with Gasteiger partial charge >= 0.3 is 0 Å². The third kappa shape index (κ3) is 16.3. The number of hydrogen-bond acceptors (Lipinski definition) is 3. The lowest BCUT2D eigenvalue weighted by atomic mass is 10.1. The Morgan fingerprint density at radius 3 is 2.12 bits per heavy atom. The van der Waals surface area contributed by atoms with E-state index in [-0.39, 0.29) is 6.61 Å². The van der Waals surface area contributed by atoms with Crippen molar-refractivity contribution in [1.82, 2.24) is 0 Å². The highest BCUT2D eigenvalue weighted by atomic mass is 32.2. The average molecular weight is 262 g/mol. The number of hydrogen-bond donors (Lipinski definition) is 1. The monoisotopic (exact) mass is 262 g/mol. The second-order valence-corrected chi connectivity index (χ2v) is 5.65. The van der Waals surface area contributed by atoms with Crippen molar-refractivity contribution in [3.05, 3.63) is 0 Å². The number of thioether (sulfide) groups is 1. The van der Waals surface area contributed by atoms with Gasteiger partial charge in [-0.05, 0) is 12.2 Å². The van der Waals surface area contributed by atoms with Gasteiger partial charge in [-0.25, -0.2) is 0 Å². The first-order valence-corrected chi connectivity index (χ1v) is 8.33. The molecule has 0 aromatic carbocycles. The molecular formula is C14H30O2S. The first kappa shape index (κ1) is 17.3. The van der Waals surface area contributed by atoms with Crippen LogP contribution < -0.4 is 0 Å². The van der Waals surface area contributed by atoms with E-state index in [1.54, 1.807) is 0 Å². The SMILES string of the molecule is CCCCCCCCCCSCCOCCO. The molecule has 0 radical (unpaired) electrons. The fourth-order valence-electron chi connectivity index (χ4n) is 1.72. The molecule has 0 atom stereocenters. The molecule has 0 saturated carbocycles. The van der Waals surface area contributed by atoms with Crippen molar-refractivity contribution < 1.29 is 9.84 Å². The zero-order valence-electron chi connectivity index (χ0n) is 11.5. The number of aliphatic hydroxyl groups is 1. The fourth-order valence-corrected chi connectivity index (χ4v) is 2.57. The standard InChI is InChI=1S/C14H30O2S/c1-2-3-4-5-6-7-8-9-13-17-14-12-16-11-10-15/h15H,2-14H2,1H3. The summed E-state index contributed by atoms with van der Waals surface area (Å²) in [6, 6.07) is 0. The van der Waals surface area contributed by atoms with Crippen LogP contribution in [-0.2, 0) is 4.74 Å². The molecule has 0 unspecified atom stereocenters. The summed E-state index contributed by atoms with van der Waals surface area (Å²) in [5.74, 6) is 2.33. The van der Waals surface area contributed by atoms with Crippen LogP contribution in [0, 0.1) is 0 Å². The summed E-state index contributed by atoms with van der Waals surface area (Å²) in [4.78, 5) is 0. The molecule has 0 aromatic rings. The summed E-state index contributed by atoms with van der Waals surface area (Å²) in [6.07, 6.45) is 11.2. The van der Waals surface area contributed by atoms with Crippen molar-refractivity contribution in [3.63, 3.8) is 0 Å². The maximum atomic E-state index is 8.51. The molecule has 104 valence electrons. The Kier molecular flexibility index (Phi) is 16.5. The van der Waals surface area contributed by atoms with Crippen LogP contribution in [0.3, 0.4) is 0 Å². The van der Waals surface area contributed by atoms with E-state index in [0.717, 1.165) is 12.4 Å². The van der Waals surface area contributed by atoms with Gasteiger partial charge in [0.2, 0.25) is 0 Å². The molecular weight excluding hydrogens is 232 g/mol. The van der Waals surface area contributed by atoms with Crippen LogP contribution in [-0.4, -0.2) is 36.4 Å². The third-order valence-corrected chi connectivity index (χ3v) is 3.78. The molecule has 2 nitrogen and oxygen atoms in total. The number of unbranched alkanes of at least 4 members (excludes halogenated alkanes) is 7. The molecule has 0 aromatic heterocycles. The van der Waals surface area contributed by atoms with Crippen LogP contribution in [0.2, 0.25) is 0 Å². The highest BCUT2D eigenvalue weighted by molar-refractivity contribution is 7.99. The predicted molar refractivity (Wildman–Crippen MR) is 77.8 cm³/mol. The number of aliphatic hydroxyl groups excluding tert-OH is 1. The summed E-state index contributed by atoms with van der Waals surface area (Å²) >= 11 is 1.97. The van der Waals surface area contributed by atoms with Gasteiger partial charge in [-0.2, -0.15) is 11.8 Å². The second kappa shape index (κ2) is 16.3. The van der Waals surface area contributed by atoms with Crippen LogP contribution in [0.1, 0.15) is 58.3 Å². The first-order chi connectivity index (χ1) is 8.41. The maximum Gasteiger partial charge on any atom is 0.0698 e. The average Bonchev–Trinajstić information content (AvgIpc) is 2.35. The zero-order chi connectivity index (χ0) is 12.6. The number of rotatable bonds is 14. The molecule has 17 heavy (non-hydrogen) atoms. The topological polar surface area (TPSA) is 29.5 Å². The van der Waals surface area contributed by atoms with Gasteiger partial charge in [0.1, 0.15) is 0 Å². The minimum atomic E-state index is 0.142. The summed E-state index contributed by atoms with van der Waals surface area (Å²) in [5, 5.41) is 8.51. The molecule has 0 spiro atoms. The van der Waals surface area contributed by atoms with Crippen molar-refractivity contribution in [1.29, 1.82) is 0 Å². The molecule has 3 heteroatoms. The van der Waals surface area contributed by atoms with E-state index >= 15 is 0 Å². The molecule has 0 amide bonds. The van der Waals surface area contributed by atoms with E-state index in [2.05, 4.69) is 6.92 Å².